The summed E-state index contributed by atoms with van der Waals surface area (Å²) in [6, 6.07) is 0. The van der Waals surface area contributed by atoms with Crippen LogP contribution >= 0.6 is 0 Å². The second-order valence-electron chi connectivity index (χ2n) is 12.3. The van der Waals surface area contributed by atoms with Crippen molar-refractivity contribution in [3.05, 3.63) is 45.2 Å². The Kier molecular flexibility index (Phi) is 8.77. The molecule has 3 heterocycles. The number of carbonyl (C=O) groups excluding carboxylic acids is 1. The van der Waals surface area contributed by atoms with Gasteiger partial charge in [-0.3, -0.25) is 0 Å². The zero-order chi connectivity index (χ0) is 29.1. The summed E-state index contributed by atoms with van der Waals surface area (Å²) in [5.41, 5.74) is -0.783. The summed E-state index contributed by atoms with van der Waals surface area (Å²) in [5, 5.41) is 26.1. The Bertz CT molecular complexity index is 1360. The number of aromatic amines is 1. The van der Waals surface area contributed by atoms with Gasteiger partial charge in [0.1, 0.15) is 17.1 Å². The van der Waals surface area contributed by atoms with Gasteiger partial charge in [0.15, 0.2) is 29.6 Å². The van der Waals surface area contributed by atoms with Gasteiger partial charge in [-0.05, 0) is 83.5 Å². The van der Waals surface area contributed by atoms with Gasteiger partial charge < -0.3 is 23.2 Å². The van der Waals surface area contributed by atoms with E-state index in [4.69, 9.17) is 18.6 Å². The fourth-order valence-corrected chi connectivity index (χ4v) is 6.88. The predicted octanol–water partition coefficient (Wildman–Crippen LogP) is 4.57. The van der Waals surface area contributed by atoms with Crippen molar-refractivity contribution in [1.82, 2.24) is 30.2 Å². The molecular weight excluding hydrogens is 528 g/mol. The van der Waals surface area contributed by atoms with Gasteiger partial charge in [-0.15, -0.1) is 10.2 Å². The summed E-state index contributed by atoms with van der Waals surface area (Å²) in [4.78, 5) is 29.7. The highest BCUT2D eigenvalue weighted by Gasteiger charge is 2.38. The number of tetrazole rings is 1. The van der Waals surface area contributed by atoms with Crippen molar-refractivity contribution >= 4 is 5.97 Å². The molecule has 0 radical (unpaired) electrons. The summed E-state index contributed by atoms with van der Waals surface area (Å²) in [6.45, 7) is 7.29. The minimum atomic E-state index is -1.34. The first-order valence-electron chi connectivity index (χ1n) is 15.0. The Morgan fingerprint density at radius 2 is 1.90 bits per heavy atom. The third-order valence-corrected chi connectivity index (χ3v) is 8.91. The summed E-state index contributed by atoms with van der Waals surface area (Å²) >= 11 is 0. The minimum Gasteiger partial charge on any atom is -0.453 e. The molecular formula is C29H42N6O6. The number of aryl methyl sites for hydroxylation is 2. The molecule has 0 amide bonds. The first-order valence-corrected chi connectivity index (χ1v) is 15.0. The molecule has 0 spiro atoms. The molecule has 41 heavy (non-hydrogen) atoms. The van der Waals surface area contributed by atoms with E-state index in [0.29, 0.717) is 42.3 Å². The maximum atomic E-state index is 13.5. The van der Waals surface area contributed by atoms with Gasteiger partial charge >= 0.3 is 11.8 Å². The van der Waals surface area contributed by atoms with Crippen molar-refractivity contribution in [2.24, 2.45) is 17.8 Å². The van der Waals surface area contributed by atoms with Gasteiger partial charge in [-0.25, -0.2) is 14.6 Å². The molecule has 2 unspecified atom stereocenters. The lowest BCUT2D eigenvalue weighted by Gasteiger charge is -2.39. The molecule has 3 aromatic heterocycles. The lowest BCUT2D eigenvalue weighted by molar-refractivity contribution is 0.0391. The number of aromatic nitrogens is 6. The highest BCUT2D eigenvalue weighted by molar-refractivity contribution is 5.89. The van der Waals surface area contributed by atoms with Crippen LogP contribution in [0.1, 0.15) is 124 Å². The van der Waals surface area contributed by atoms with E-state index in [9.17, 15) is 14.7 Å². The Morgan fingerprint density at radius 1 is 1.15 bits per heavy atom. The topological polar surface area (TPSA) is 162 Å². The molecule has 2 fully saturated rings. The van der Waals surface area contributed by atoms with Crippen LogP contribution in [0.15, 0.2) is 13.6 Å². The largest absolute Gasteiger partial charge is 0.519 e. The van der Waals surface area contributed by atoms with E-state index in [-0.39, 0.29) is 23.8 Å². The number of ether oxygens (including phenoxy) is 1. The van der Waals surface area contributed by atoms with Crippen LogP contribution in [0, 0.1) is 24.7 Å². The van der Waals surface area contributed by atoms with Crippen LogP contribution in [0.4, 0.5) is 0 Å². The van der Waals surface area contributed by atoms with Gasteiger partial charge in [0.25, 0.3) is 0 Å². The van der Waals surface area contributed by atoms with Crippen LogP contribution in [-0.2, 0) is 29.9 Å². The fraction of sp³-hybridized carbons (Fsp3) is 0.724. The summed E-state index contributed by atoms with van der Waals surface area (Å²) in [7, 11) is 0. The summed E-state index contributed by atoms with van der Waals surface area (Å²) in [6.07, 6.45) is 10.7. The van der Waals surface area contributed by atoms with Gasteiger partial charge in [0, 0.05) is 18.9 Å². The van der Waals surface area contributed by atoms with Crippen molar-refractivity contribution in [3.8, 4) is 0 Å². The Morgan fingerprint density at radius 3 is 2.54 bits per heavy atom. The first kappa shape index (κ1) is 29.2. The quantitative estimate of drug-likeness (QED) is 0.330. The fourth-order valence-electron chi connectivity index (χ4n) is 6.88. The predicted molar refractivity (Wildman–Crippen MR) is 147 cm³/mol. The van der Waals surface area contributed by atoms with Gasteiger partial charge in [-0.2, -0.15) is 5.21 Å². The minimum absolute atomic E-state index is 0.160. The third-order valence-electron chi connectivity index (χ3n) is 8.91. The van der Waals surface area contributed by atoms with Crippen molar-refractivity contribution in [3.63, 3.8) is 0 Å². The van der Waals surface area contributed by atoms with E-state index < -0.39 is 17.4 Å². The molecule has 5 rings (SSSR count). The first-order chi connectivity index (χ1) is 19.7. The van der Waals surface area contributed by atoms with Crippen molar-refractivity contribution in [2.75, 3.05) is 0 Å². The third kappa shape index (κ3) is 6.47. The summed E-state index contributed by atoms with van der Waals surface area (Å²) in [5.74, 6) is 2.54. The second kappa shape index (κ2) is 12.3. The van der Waals surface area contributed by atoms with Crippen molar-refractivity contribution < 1.29 is 23.5 Å². The molecule has 3 aromatic rings. The smallest absolute Gasteiger partial charge is 0.453 e. The van der Waals surface area contributed by atoms with Crippen LogP contribution in [0.3, 0.4) is 0 Å². The van der Waals surface area contributed by atoms with Crippen LogP contribution in [0.2, 0.25) is 0 Å². The average molecular weight is 571 g/mol. The number of carbonyl (C=O) groups is 1. The summed E-state index contributed by atoms with van der Waals surface area (Å²) < 4.78 is 17.4. The molecule has 12 nitrogen and oxygen atoms in total. The Balaban J connectivity index is 1.33. The Hall–Kier alpha value is -3.28. The molecule has 2 N–H and O–H groups in total. The molecule has 2 aliphatic rings. The number of H-pyrrole nitrogens is 1. The highest BCUT2D eigenvalue weighted by Crippen LogP contribution is 2.46. The van der Waals surface area contributed by atoms with Gasteiger partial charge in [0.2, 0.25) is 0 Å². The number of esters is 1. The molecule has 0 bridgehead atoms. The maximum absolute atomic E-state index is 13.5. The maximum Gasteiger partial charge on any atom is 0.519 e. The monoisotopic (exact) mass is 570 g/mol. The highest BCUT2D eigenvalue weighted by atomic mass is 16.6. The standard InChI is InChI=1S/C29H42N6O6/c1-5-8-23-30-25(29(3,4)38)24(27(36)39-16-22-17(2)40-28(37)41-22)35(23)15-18-11-13-19(14-12-18)20-9-6-7-10-21(20)26-31-33-34-32-26/h18-21,38H,5-16H2,1-4H3,(H,31,32,33,34). The lowest BCUT2D eigenvalue weighted by atomic mass is 9.66. The average Bonchev–Trinajstić information content (AvgIpc) is 3.67. The normalized spacial score (nSPS) is 23.5. The van der Waals surface area contributed by atoms with E-state index in [2.05, 4.69) is 27.5 Å². The second-order valence-corrected chi connectivity index (χ2v) is 12.3. The number of hydrogen-bond acceptors (Lipinski definition) is 10. The SMILES string of the molecule is CCCc1nc(C(C)(C)O)c(C(=O)OCc2oc(=O)oc2C)n1CC1CCC(C2CCCCC2c2nn[nH]n2)CC1. The molecule has 2 saturated carbocycles. The van der Waals surface area contributed by atoms with Crippen LogP contribution in [-0.4, -0.2) is 41.3 Å². The Labute approximate surface area is 239 Å². The number of hydrogen-bond donors (Lipinski definition) is 2. The number of imidazole rings is 1. The number of nitrogens with zero attached hydrogens (tertiary/aromatic N) is 5. The molecule has 2 atom stereocenters. The number of aliphatic hydroxyl groups is 1. The van der Waals surface area contributed by atoms with E-state index in [0.717, 1.165) is 50.2 Å². The zero-order valence-electron chi connectivity index (χ0n) is 24.5. The number of nitrogens with one attached hydrogen (secondary N) is 1. The van der Waals surface area contributed by atoms with E-state index in [1.807, 2.05) is 4.57 Å². The molecule has 0 saturated heterocycles. The molecule has 0 aliphatic heterocycles. The van der Waals surface area contributed by atoms with Crippen LogP contribution in [0.25, 0.3) is 0 Å². The van der Waals surface area contributed by atoms with Crippen molar-refractivity contribution in [2.45, 2.75) is 117 Å². The molecule has 0 aromatic carbocycles. The lowest BCUT2D eigenvalue weighted by Crippen LogP contribution is -2.31. The van der Waals surface area contributed by atoms with Crippen LogP contribution < -0.4 is 5.82 Å². The van der Waals surface area contributed by atoms with Gasteiger partial charge in [-0.1, -0.05) is 25.0 Å². The van der Waals surface area contributed by atoms with E-state index in [1.54, 1.807) is 20.8 Å². The molecule has 224 valence electrons. The molecule has 2 aliphatic carbocycles. The van der Waals surface area contributed by atoms with Gasteiger partial charge in [0.05, 0.1) is 0 Å². The zero-order valence-corrected chi connectivity index (χ0v) is 24.5. The van der Waals surface area contributed by atoms with E-state index >= 15 is 0 Å². The molecule has 12 heteroatoms. The van der Waals surface area contributed by atoms with E-state index in [1.165, 1.54) is 19.3 Å². The van der Waals surface area contributed by atoms with Crippen LogP contribution in [0.5, 0.6) is 0 Å². The van der Waals surface area contributed by atoms with Crippen molar-refractivity contribution in [1.29, 1.82) is 0 Å². The number of rotatable bonds is 10.